The van der Waals surface area contributed by atoms with Crippen LogP contribution >= 0.6 is 0 Å². The maximum atomic E-state index is 4.77. The third-order valence-electron chi connectivity index (χ3n) is 9.13. The molecule has 3 heterocycles. The van der Waals surface area contributed by atoms with E-state index >= 15 is 0 Å². The van der Waals surface area contributed by atoms with Crippen LogP contribution in [-0.2, 0) is 5.54 Å². The van der Waals surface area contributed by atoms with Gasteiger partial charge in [0.25, 0.3) is 0 Å². The van der Waals surface area contributed by atoms with Gasteiger partial charge in [-0.15, -0.1) is 5.10 Å². The third kappa shape index (κ3) is 5.22. The Balaban J connectivity index is 1.26. The van der Waals surface area contributed by atoms with E-state index in [9.17, 15) is 0 Å². The zero-order valence-corrected chi connectivity index (χ0v) is 27.2. The Bertz CT molecular complexity index is 2260. The number of hydrogen-bond acceptors (Lipinski definition) is 6. The Morgan fingerprint density at radius 3 is 1.80 bits per heavy atom. The van der Waals surface area contributed by atoms with Crippen molar-refractivity contribution in [2.75, 3.05) is 11.9 Å². The van der Waals surface area contributed by atoms with Crippen molar-refractivity contribution >= 4 is 22.4 Å². The molecule has 5 aromatic carbocycles. The Morgan fingerprint density at radius 2 is 1.18 bits per heavy atom. The van der Waals surface area contributed by atoms with E-state index in [1.54, 1.807) is 0 Å². The molecule has 49 heavy (non-hydrogen) atoms. The predicted octanol–water partition coefficient (Wildman–Crippen LogP) is 8.87. The van der Waals surface area contributed by atoms with Gasteiger partial charge in [0.1, 0.15) is 11.1 Å². The molecule has 8 rings (SSSR count). The number of aromatic nitrogens is 6. The van der Waals surface area contributed by atoms with E-state index in [0.717, 1.165) is 61.5 Å². The molecule has 3 aromatic heterocycles. The van der Waals surface area contributed by atoms with Gasteiger partial charge in [0.2, 0.25) is 0 Å². The van der Waals surface area contributed by atoms with Gasteiger partial charge < -0.3 is 4.90 Å². The van der Waals surface area contributed by atoms with E-state index in [0.29, 0.717) is 5.82 Å². The molecule has 0 aliphatic carbocycles. The van der Waals surface area contributed by atoms with Crippen LogP contribution in [0.5, 0.6) is 0 Å². The van der Waals surface area contributed by atoms with Crippen molar-refractivity contribution in [3.8, 4) is 22.5 Å². The van der Waals surface area contributed by atoms with Crippen molar-refractivity contribution < 1.29 is 0 Å². The van der Waals surface area contributed by atoms with Crippen LogP contribution in [0.4, 0.5) is 11.4 Å². The number of nitrogens with zero attached hydrogens (tertiary/aromatic N) is 7. The van der Waals surface area contributed by atoms with Crippen LogP contribution in [0.25, 0.3) is 33.5 Å². The molecule has 0 aliphatic heterocycles. The fourth-order valence-electron chi connectivity index (χ4n) is 6.85. The molecule has 7 nitrogen and oxygen atoms in total. The first-order chi connectivity index (χ1) is 24.1. The molecule has 8 aromatic rings. The molecule has 0 saturated carbocycles. The summed E-state index contributed by atoms with van der Waals surface area (Å²) in [6.45, 7) is 2.01. The van der Waals surface area contributed by atoms with Crippen LogP contribution in [0, 0.1) is 6.92 Å². The molecule has 0 atom stereocenters. The van der Waals surface area contributed by atoms with Crippen LogP contribution in [0.1, 0.15) is 22.4 Å². The largest absolute Gasteiger partial charge is 0.343 e. The van der Waals surface area contributed by atoms with Gasteiger partial charge in [-0.3, -0.25) is 9.97 Å². The summed E-state index contributed by atoms with van der Waals surface area (Å²) in [5.74, 6) is 0.665. The van der Waals surface area contributed by atoms with Crippen LogP contribution in [0.15, 0.2) is 164 Å². The average Bonchev–Trinajstić information content (AvgIpc) is 3.66. The van der Waals surface area contributed by atoms with Crippen molar-refractivity contribution in [1.82, 2.24) is 30.2 Å². The zero-order chi connectivity index (χ0) is 33.2. The number of anilines is 2. The molecule has 0 spiro atoms. The number of fused-ring (bicyclic) bond motifs is 1. The lowest BCUT2D eigenvalue weighted by Gasteiger charge is -2.36. The van der Waals surface area contributed by atoms with Gasteiger partial charge in [-0.05, 0) is 75.5 Å². The quantitative estimate of drug-likeness (QED) is 0.155. The monoisotopic (exact) mass is 635 g/mol. The van der Waals surface area contributed by atoms with Crippen molar-refractivity contribution in [2.45, 2.75) is 12.5 Å². The fraction of sp³-hybridized carbons (Fsp3) is 0.0714. The van der Waals surface area contributed by atoms with Crippen molar-refractivity contribution in [3.05, 3.63) is 186 Å². The first kappa shape index (κ1) is 29.9. The lowest BCUT2D eigenvalue weighted by Crippen LogP contribution is -2.39. The lowest BCUT2D eigenvalue weighted by molar-refractivity contribution is 0.451. The molecule has 0 saturated heterocycles. The second-order valence-corrected chi connectivity index (χ2v) is 12.0. The van der Waals surface area contributed by atoms with E-state index in [1.165, 1.54) is 0 Å². The Labute approximate surface area is 285 Å². The maximum Gasteiger partial charge on any atom is 0.184 e. The smallest absolute Gasteiger partial charge is 0.184 e. The Morgan fingerprint density at radius 1 is 0.612 bits per heavy atom. The molecule has 0 unspecified atom stereocenters. The molecule has 7 heteroatoms. The minimum absolute atomic E-state index is 0.665. The fourth-order valence-corrected chi connectivity index (χ4v) is 6.85. The molecular formula is C42H33N7. The first-order valence-electron chi connectivity index (χ1n) is 16.3. The summed E-state index contributed by atoms with van der Waals surface area (Å²) in [6.07, 6.45) is 1.81. The molecule has 0 amide bonds. The molecule has 0 fully saturated rings. The lowest BCUT2D eigenvalue weighted by atomic mass is 9.77. The molecule has 0 N–H and O–H groups in total. The number of rotatable bonds is 8. The van der Waals surface area contributed by atoms with Crippen molar-refractivity contribution in [1.29, 1.82) is 0 Å². The van der Waals surface area contributed by atoms with Crippen LogP contribution in [0.3, 0.4) is 0 Å². The van der Waals surface area contributed by atoms with E-state index in [-0.39, 0.29) is 0 Å². The molecule has 0 bridgehead atoms. The van der Waals surface area contributed by atoms with E-state index in [2.05, 4.69) is 148 Å². The summed E-state index contributed by atoms with van der Waals surface area (Å²) in [4.78, 5) is 11.5. The highest BCUT2D eigenvalue weighted by atomic mass is 15.6. The topological polar surface area (TPSA) is 72.6 Å². The van der Waals surface area contributed by atoms with Gasteiger partial charge in [-0.25, -0.2) is 4.68 Å². The SMILES string of the molecule is Cc1cc(N(C)c2ccc(-c3ccccc3-c3nnnn3C(c3ccccc3)(c3ccccc3)c3ccccc3)cc2)c2ncccc2n1. The zero-order valence-electron chi connectivity index (χ0n) is 27.2. The third-order valence-corrected chi connectivity index (χ3v) is 9.13. The number of aryl methyl sites for hydroxylation is 1. The van der Waals surface area contributed by atoms with Gasteiger partial charge in [0.15, 0.2) is 5.82 Å². The van der Waals surface area contributed by atoms with E-state index in [1.807, 2.05) is 54.2 Å². The van der Waals surface area contributed by atoms with Crippen LogP contribution in [0.2, 0.25) is 0 Å². The van der Waals surface area contributed by atoms with Gasteiger partial charge in [-0.1, -0.05) is 127 Å². The molecule has 0 radical (unpaired) electrons. The van der Waals surface area contributed by atoms with E-state index < -0.39 is 5.54 Å². The predicted molar refractivity (Wildman–Crippen MR) is 196 cm³/mol. The van der Waals surface area contributed by atoms with Gasteiger partial charge in [-0.2, -0.15) is 0 Å². The second kappa shape index (κ2) is 12.6. The van der Waals surface area contributed by atoms with Gasteiger partial charge in [0.05, 0.1) is 11.2 Å². The van der Waals surface area contributed by atoms with Crippen LogP contribution in [-0.4, -0.2) is 37.2 Å². The number of tetrazole rings is 1. The van der Waals surface area contributed by atoms with E-state index in [4.69, 9.17) is 10.3 Å². The summed E-state index contributed by atoms with van der Waals surface area (Å²) in [5, 5.41) is 13.8. The highest BCUT2D eigenvalue weighted by molar-refractivity contribution is 5.91. The Kier molecular flexibility index (Phi) is 7.70. The standard InChI is InChI=1S/C42H33N7/c1-30-29-39(40-38(44-30)23-14-28-43-40)48(2)35-26-24-31(25-27-35)36-21-12-13-22-37(36)41-45-46-47-49(41)42(32-15-6-3-7-16-32,33-17-8-4-9-18-33)34-19-10-5-11-20-34/h3-29H,1-2H3. The number of pyridine rings is 2. The molecular weight excluding hydrogens is 603 g/mol. The summed E-state index contributed by atoms with van der Waals surface area (Å²) in [5.41, 5.74) is 10.1. The highest BCUT2D eigenvalue weighted by Crippen LogP contribution is 2.43. The van der Waals surface area contributed by atoms with Gasteiger partial charge in [0, 0.05) is 30.2 Å². The minimum Gasteiger partial charge on any atom is -0.343 e. The van der Waals surface area contributed by atoms with Crippen LogP contribution < -0.4 is 4.90 Å². The maximum absolute atomic E-state index is 4.77. The van der Waals surface area contributed by atoms with Crippen molar-refractivity contribution in [2.24, 2.45) is 0 Å². The summed E-state index contributed by atoms with van der Waals surface area (Å²) < 4.78 is 1.98. The van der Waals surface area contributed by atoms with Gasteiger partial charge >= 0.3 is 0 Å². The summed E-state index contributed by atoms with van der Waals surface area (Å²) in [6, 6.07) is 54.3. The number of hydrogen-bond donors (Lipinski definition) is 0. The highest BCUT2D eigenvalue weighted by Gasteiger charge is 2.42. The molecule has 0 aliphatic rings. The normalized spacial score (nSPS) is 11.5. The average molecular weight is 636 g/mol. The Hall–Kier alpha value is -6.47. The van der Waals surface area contributed by atoms with Crippen molar-refractivity contribution in [3.63, 3.8) is 0 Å². The summed E-state index contributed by atoms with van der Waals surface area (Å²) >= 11 is 0. The minimum atomic E-state index is -0.845. The summed E-state index contributed by atoms with van der Waals surface area (Å²) in [7, 11) is 2.07. The second-order valence-electron chi connectivity index (χ2n) is 12.0. The first-order valence-corrected chi connectivity index (χ1v) is 16.3. The molecule has 236 valence electrons. The number of benzene rings is 5.